The summed E-state index contributed by atoms with van der Waals surface area (Å²) < 4.78 is 18.9. The third-order valence-electron chi connectivity index (χ3n) is 4.34. The molecule has 24 heavy (non-hydrogen) atoms. The van der Waals surface area contributed by atoms with Crippen LogP contribution < -0.4 is 0 Å². The van der Waals surface area contributed by atoms with Crippen molar-refractivity contribution in [3.8, 4) is 0 Å². The highest BCUT2D eigenvalue weighted by molar-refractivity contribution is 5.16. The molecule has 136 valence electrons. The second kappa shape index (κ2) is 9.44. The van der Waals surface area contributed by atoms with Gasteiger partial charge in [-0.05, 0) is 19.9 Å². The number of hydrogen-bond donors (Lipinski definition) is 2. The van der Waals surface area contributed by atoms with E-state index in [-0.39, 0.29) is 25.1 Å². The summed E-state index contributed by atoms with van der Waals surface area (Å²) in [7, 11) is 0. The van der Waals surface area contributed by atoms with Crippen LogP contribution in [0.25, 0.3) is 0 Å². The molecule has 2 N–H and O–H groups in total. The molecule has 1 fully saturated rings. The van der Waals surface area contributed by atoms with Crippen molar-refractivity contribution in [2.24, 2.45) is 0 Å². The lowest BCUT2D eigenvalue weighted by atomic mass is 10.1. The molecule has 3 atom stereocenters. The summed E-state index contributed by atoms with van der Waals surface area (Å²) in [5.41, 5.74) is 0.505. The van der Waals surface area contributed by atoms with Crippen molar-refractivity contribution in [2.45, 2.75) is 38.7 Å². The zero-order valence-electron chi connectivity index (χ0n) is 14.6. The van der Waals surface area contributed by atoms with E-state index >= 15 is 0 Å². The van der Waals surface area contributed by atoms with Gasteiger partial charge in [0.15, 0.2) is 0 Å². The average molecular weight is 340 g/mol. The van der Waals surface area contributed by atoms with Gasteiger partial charge in [-0.2, -0.15) is 0 Å². The maximum atomic E-state index is 13.5. The van der Waals surface area contributed by atoms with E-state index < -0.39 is 6.10 Å². The summed E-state index contributed by atoms with van der Waals surface area (Å²) in [4.78, 5) is 4.47. The van der Waals surface area contributed by atoms with E-state index in [1.165, 1.54) is 6.07 Å². The zero-order valence-corrected chi connectivity index (χ0v) is 14.6. The van der Waals surface area contributed by atoms with Crippen molar-refractivity contribution < 1.29 is 19.3 Å². The van der Waals surface area contributed by atoms with Gasteiger partial charge in [0.25, 0.3) is 0 Å². The molecule has 1 heterocycles. The second-order valence-corrected chi connectivity index (χ2v) is 6.71. The van der Waals surface area contributed by atoms with Crippen LogP contribution in [0.15, 0.2) is 24.3 Å². The van der Waals surface area contributed by atoms with Gasteiger partial charge in [0.05, 0.1) is 25.4 Å². The molecule has 0 radical (unpaired) electrons. The summed E-state index contributed by atoms with van der Waals surface area (Å²) in [6.45, 7) is 8.13. The topological polar surface area (TPSA) is 56.2 Å². The number of rotatable bonds is 8. The van der Waals surface area contributed by atoms with Crippen LogP contribution in [0, 0.1) is 5.82 Å². The van der Waals surface area contributed by atoms with E-state index in [2.05, 4.69) is 16.7 Å². The highest BCUT2D eigenvalue weighted by atomic mass is 19.1. The van der Waals surface area contributed by atoms with Gasteiger partial charge in [-0.3, -0.25) is 9.80 Å². The van der Waals surface area contributed by atoms with Crippen LogP contribution in [0.2, 0.25) is 0 Å². The molecule has 0 aliphatic carbocycles. The normalized spacial score (nSPS) is 22.5. The molecule has 0 bridgehead atoms. The Morgan fingerprint density at radius 3 is 2.67 bits per heavy atom. The monoisotopic (exact) mass is 340 g/mol. The minimum atomic E-state index is -0.590. The summed E-state index contributed by atoms with van der Waals surface area (Å²) in [6.07, 6.45) is -0.913. The van der Waals surface area contributed by atoms with Crippen molar-refractivity contribution in [3.05, 3.63) is 35.6 Å². The maximum absolute atomic E-state index is 13.5. The Morgan fingerprint density at radius 1 is 1.25 bits per heavy atom. The molecule has 0 saturated carbocycles. The zero-order chi connectivity index (χ0) is 17.5. The maximum Gasteiger partial charge on any atom is 0.128 e. The van der Waals surface area contributed by atoms with Crippen molar-refractivity contribution >= 4 is 0 Å². The molecule has 1 aromatic carbocycles. The first kappa shape index (κ1) is 19.3. The largest absolute Gasteiger partial charge is 0.392 e. The molecule has 0 aromatic heterocycles. The Hall–Kier alpha value is -1.05. The van der Waals surface area contributed by atoms with Gasteiger partial charge in [0, 0.05) is 44.3 Å². The first-order valence-electron chi connectivity index (χ1n) is 8.59. The molecule has 0 amide bonds. The molecule has 2 rings (SSSR count). The van der Waals surface area contributed by atoms with Crippen molar-refractivity contribution in [1.82, 2.24) is 9.80 Å². The van der Waals surface area contributed by atoms with Crippen molar-refractivity contribution in [2.75, 3.05) is 39.3 Å². The van der Waals surface area contributed by atoms with E-state index in [0.717, 1.165) is 19.6 Å². The third kappa shape index (κ3) is 6.11. The van der Waals surface area contributed by atoms with Gasteiger partial charge < -0.3 is 14.9 Å². The molecule has 5 nitrogen and oxygen atoms in total. The van der Waals surface area contributed by atoms with E-state index in [0.29, 0.717) is 24.7 Å². The summed E-state index contributed by atoms with van der Waals surface area (Å²) >= 11 is 0. The first-order chi connectivity index (χ1) is 11.5. The highest BCUT2D eigenvalue weighted by Crippen LogP contribution is 2.11. The molecule has 1 aliphatic rings. The van der Waals surface area contributed by atoms with Gasteiger partial charge in [-0.25, -0.2) is 4.39 Å². The minimum absolute atomic E-state index is 0.169. The predicted octanol–water partition coefficient (Wildman–Crippen LogP) is 1.09. The quantitative estimate of drug-likeness (QED) is 0.742. The molecule has 6 heteroatoms. The lowest BCUT2D eigenvalue weighted by Crippen LogP contribution is -2.54. The van der Waals surface area contributed by atoms with E-state index in [1.807, 2.05) is 0 Å². The summed E-state index contributed by atoms with van der Waals surface area (Å²) in [5.74, 6) is -0.282. The number of aliphatic hydroxyl groups excluding tert-OH is 2. The molecule has 1 aliphatic heterocycles. The summed E-state index contributed by atoms with van der Waals surface area (Å²) in [5, 5.41) is 19.6. The van der Waals surface area contributed by atoms with Crippen LogP contribution in [0.3, 0.4) is 0 Å². The first-order valence-corrected chi connectivity index (χ1v) is 8.59. The number of piperazine rings is 1. The number of β-amino-alcohol motifs (C(OH)–C–C–N with tert-alkyl or cyclic N) is 2. The summed E-state index contributed by atoms with van der Waals surface area (Å²) in [6, 6.07) is 6.85. The van der Waals surface area contributed by atoms with Gasteiger partial charge in [-0.15, -0.1) is 0 Å². The van der Waals surface area contributed by atoms with Crippen molar-refractivity contribution in [1.29, 1.82) is 0 Å². The fourth-order valence-corrected chi connectivity index (χ4v) is 3.12. The van der Waals surface area contributed by atoms with Crippen LogP contribution in [-0.2, 0) is 11.3 Å². The second-order valence-electron chi connectivity index (χ2n) is 6.71. The Kier molecular flexibility index (Phi) is 7.58. The number of benzene rings is 1. The van der Waals surface area contributed by atoms with E-state index in [9.17, 15) is 14.6 Å². The third-order valence-corrected chi connectivity index (χ3v) is 4.34. The number of hydrogen-bond acceptors (Lipinski definition) is 5. The number of halogens is 1. The van der Waals surface area contributed by atoms with Crippen LogP contribution in [0.4, 0.5) is 4.39 Å². The molecular formula is C18H29FN2O3. The fourth-order valence-electron chi connectivity index (χ4n) is 3.12. The van der Waals surface area contributed by atoms with Gasteiger partial charge in [-0.1, -0.05) is 18.2 Å². The molecule has 0 unspecified atom stereocenters. The number of aliphatic hydroxyl groups is 2. The molecule has 1 saturated heterocycles. The Morgan fingerprint density at radius 2 is 2.00 bits per heavy atom. The Balaban J connectivity index is 1.68. The Labute approximate surface area is 143 Å². The average Bonchev–Trinajstić information content (AvgIpc) is 2.51. The fraction of sp³-hybridized carbons (Fsp3) is 0.667. The number of nitrogens with zero attached hydrogens (tertiary/aromatic N) is 2. The van der Waals surface area contributed by atoms with Gasteiger partial charge in [0.2, 0.25) is 0 Å². The van der Waals surface area contributed by atoms with Crippen LogP contribution in [0.1, 0.15) is 19.4 Å². The predicted molar refractivity (Wildman–Crippen MR) is 91.2 cm³/mol. The lowest BCUT2D eigenvalue weighted by molar-refractivity contribution is -0.0119. The number of ether oxygens (including phenoxy) is 1. The Bertz CT molecular complexity index is 501. The SMILES string of the molecule is C[C@H](O)CN1CCN(C[C@@H](O)COCc2ccccc2F)C[C@H]1C. The minimum Gasteiger partial charge on any atom is -0.392 e. The molecule has 0 spiro atoms. The van der Waals surface area contributed by atoms with Crippen LogP contribution in [-0.4, -0.2) is 77.6 Å². The smallest absolute Gasteiger partial charge is 0.128 e. The molecular weight excluding hydrogens is 311 g/mol. The van der Waals surface area contributed by atoms with Crippen molar-refractivity contribution in [3.63, 3.8) is 0 Å². The van der Waals surface area contributed by atoms with E-state index in [1.54, 1.807) is 25.1 Å². The van der Waals surface area contributed by atoms with Crippen LogP contribution in [0.5, 0.6) is 0 Å². The van der Waals surface area contributed by atoms with Gasteiger partial charge >= 0.3 is 0 Å². The standard InChI is InChI=1S/C18H29FN2O3/c1-14-9-20(7-8-21(14)10-15(2)22)11-17(23)13-24-12-16-5-3-4-6-18(16)19/h3-6,14-15,17,22-23H,7-13H2,1-2H3/t14-,15+,17-/m1/s1. The lowest BCUT2D eigenvalue weighted by Gasteiger charge is -2.41. The molecule has 1 aromatic rings. The van der Waals surface area contributed by atoms with Crippen LogP contribution >= 0.6 is 0 Å². The van der Waals surface area contributed by atoms with Gasteiger partial charge in [0.1, 0.15) is 5.82 Å². The van der Waals surface area contributed by atoms with E-state index in [4.69, 9.17) is 4.74 Å². The highest BCUT2D eigenvalue weighted by Gasteiger charge is 2.25.